The van der Waals surface area contributed by atoms with E-state index in [0.29, 0.717) is 0 Å². The Morgan fingerprint density at radius 3 is 2.62 bits per heavy atom. The first-order valence-corrected chi connectivity index (χ1v) is 2.36. The van der Waals surface area contributed by atoms with Gasteiger partial charge in [0.1, 0.15) is 0 Å². The Balaban J connectivity index is 2.92. The Morgan fingerprint density at radius 2 is 2.38 bits per heavy atom. The highest BCUT2D eigenvalue weighted by atomic mass is 15.5. The predicted molar refractivity (Wildman–Crippen MR) is 27.9 cm³/mol. The summed E-state index contributed by atoms with van der Waals surface area (Å²) < 4.78 is 1.61. The second-order valence-electron chi connectivity index (χ2n) is 1.45. The third-order valence-corrected chi connectivity index (χ3v) is 0.911. The van der Waals surface area contributed by atoms with Crippen molar-refractivity contribution >= 4 is 0 Å². The van der Waals surface area contributed by atoms with Gasteiger partial charge in [-0.15, -0.1) is 5.10 Å². The van der Waals surface area contributed by atoms with Crippen molar-refractivity contribution in [3.8, 4) is 0 Å². The lowest BCUT2D eigenvalue weighted by Crippen LogP contribution is -1.95. The molecule has 0 aliphatic rings. The van der Waals surface area contributed by atoms with Crippen molar-refractivity contribution in [2.45, 2.75) is 6.92 Å². The lowest BCUT2D eigenvalue weighted by atomic mass is 10.5. The molecule has 1 rings (SSSR count). The van der Waals surface area contributed by atoms with Crippen LogP contribution in [-0.2, 0) is 7.05 Å². The minimum atomic E-state index is 0.796. The van der Waals surface area contributed by atoms with Gasteiger partial charge in [0.25, 0.3) is 0 Å². The van der Waals surface area contributed by atoms with Crippen molar-refractivity contribution in [1.82, 2.24) is 20.2 Å². The fourth-order valence-corrected chi connectivity index (χ4v) is 0.481. The van der Waals surface area contributed by atoms with E-state index in [-0.39, 0.29) is 0 Å². The van der Waals surface area contributed by atoms with Crippen molar-refractivity contribution in [2.75, 3.05) is 0 Å². The number of hydrogen-bond acceptors (Lipinski definition) is 3. The van der Waals surface area contributed by atoms with Crippen LogP contribution in [0.3, 0.4) is 0 Å². The summed E-state index contributed by atoms with van der Waals surface area (Å²) in [5.41, 5.74) is 0. The van der Waals surface area contributed by atoms with Gasteiger partial charge in [0.15, 0.2) is 5.82 Å². The van der Waals surface area contributed by atoms with Crippen molar-refractivity contribution in [3.63, 3.8) is 0 Å². The molecule has 0 bridgehead atoms. The van der Waals surface area contributed by atoms with Gasteiger partial charge in [-0.2, -0.15) is 0 Å². The van der Waals surface area contributed by atoms with Gasteiger partial charge >= 0.3 is 0 Å². The normalized spacial score (nSPS) is 9.75. The largest absolute Gasteiger partial charge is 0.232 e. The van der Waals surface area contributed by atoms with Crippen LogP contribution in [0.15, 0.2) is 0 Å². The topological polar surface area (TPSA) is 43.6 Å². The Kier molecular flexibility index (Phi) is 1.24. The Labute approximate surface area is 47.5 Å². The summed E-state index contributed by atoms with van der Waals surface area (Å²) in [4.78, 5) is 0. The zero-order valence-electron chi connectivity index (χ0n) is 4.87. The molecule has 0 amide bonds. The van der Waals surface area contributed by atoms with E-state index < -0.39 is 0 Å². The molecule has 1 aromatic rings. The molecule has 4 nitrogen and oxygen atoms in total. The minimum absolute atomic E-state index is 0.796. The first-order chi connectivity index (χ1) is 3.84. The summed E-state index contributed by atoms with van der Waals surface area (Å²) in [5, 5.41) is 10.7. The van der Waals surface area contributed by atoms with Gasteiger partial charge in [-0.05, 0) is 10.4 Å². The monoisotopic (exact) mass is 111 g/mol. The lowest BCUT2D eigenvalue weighted by Gasteiger charge is -1.87. The van der Waals surface area contributed by atoms with Crippen LogP contribution in [-0.4, -0.2) is 20.2 Å². The van der Waals surface area contributed by atoms with Gasteiger partial charge in [0, 0.05) is 13.5 Å². The van der Waals surface area contributed by atoms with E-state index in [1.54, 1.807) is 11.7 Å². The van der Waals surface area contributed by atoms with Gasteiger partial charge in [-0.3, -0.25) is 0 Å². The van der Waals surface area contributed by atoms with Crippen LogP contribution in [0, 0.1) is 6.42 Å². The van der Waals surface area contributed by atoms with E-state index in [4.69, 9.17) is 0 Å². The molecule has 0 atom stereocenters. The third kappa shape index (κ3) is 0.685. The molecule has 0 saturated carbocycles. The number of hydrogen-bond donors (Lipinski definition) is 0. The molecule has 4 heteroatoms. The molecular weight excluding hydrogens is 104 g/mol. The minimum Gasteiger partial charge on any atom is -0.232 e. The van der Waals surface area contributed by atoms with Crippen LogP contribution in [0.2, 0.25) is 0 Å². The van der Waals surface area contributed by atoms with Crippen LogP contribution in [0.25, 0.3) is 0 Å². The molecular formula is C4H7N4. The van der Waals surface area contributed by atoms with Crippen molar-refractivity contribution in [2.24, 2.45) is 7.05 Å². The number of nitrogens with zero attached hydrogens (tertiary/aromatic N) is 4. The second kappa shape index (κ2) is 1.90. The number of rotatable bonds is 1. The summed E-state index contributed by atoms with van der Waals surface area (Å²) >= 11 is 0. The summed E-state index contributed by atoms with van der Waals surface area (Å²) in [6.45, 7) is 1.89. The lowest BCUT2D eigenvalue weighted by molar-refractivity contribution is 0.698. The summed E-state index contributed by atoms with van der Waals surface area (Å²) in [5.74, 6) is 0.796. The fraction of sp³-hybridized carbons (Fsp3) is 0.500. The van der Waals surface area contributed by atoms with Crippen LogP contribution in [0.1, 0.15) is 12.7 Å². The molecule has 1 radical (unpaired) electrons. The number of aryl methyl sites for hydroxylation is 1. The van der Waals surface area contributed by atoms with E-state index >= 15 is 0 Å². The zero-order valence-corrected chi connectivity index (χ0v) is 4.87. The van der Waals surface area contributed by atoms with Gasteiger partial charge < -0.3 is 0 Å². The number of aromatic nitrogens is 4. The maximum atomic E-state index is 3.68. The highest BCUT2D eigenvalue weighted by Gasteiger charge is 1.94. The predicted octanol–water partition coefficient (Wildman–Crippen LogP) is -0.218. The number of tetrazole rings is 1. The van der Waals surface area contributed by atoms with Crippen molar-refractivity contribution < 1.29 is 0 Å². The van der Waals surface area contributed by atoms with Crippen molar-refractivity contribution in [1.29, 1.82) is 0 Å². The van der Waals surface area contributed by atoms with Crippen LogP contribution >= 0.6 is 0 Å². The molecule has 0 fully saturated rings. The molecule has 0 spiro atoms. The molecule has 0 aliphatic carbocycles. The first kappa shape index (κ1) is 5.21. The average Bonchev–Trinajstić information content (AvgIpc) is 2.14. The van der Waals surface area contributed by atoms with E-state index in [2.05, 4.69) is 15.5 Å². The Bertz CT molecular complexity index is 168. The molecule has 0 saturated heterocycles. The molecule has 0 aromatic carbocycles. The Morgan fingerprint density at radius 1 is 1.62 bits per heavy atom. The molecule has 1 aromatic heterocycles. The molecule has 43 valence electrons. The highest BCUT2D eigenvalue weighted by molar-refractivity contribution is 4.92. The molecule has 1 heterocycles. The Hall–Kier alpha value is -0.930. The molecule has 0 unspecified atom stereocenters. The zero-order chi connectivity index (χ0) is 5.98. The maximum Gasteiger partial charge on any atom is 0.154 e. The van der Waals surface area contributed by atoms with Crippen LogP contribution in [0.5, 0.6) is 0 Å². The second-order valence-corrected chi connectivity index (χ2v) is 1.45. The summed E-state index contributed by atoms with van der Waals surface area (Å²) in [6.07, 6.45) is 1.85. The third-order valence-electron chi connectivity index (χ3n) is 0.911. The fourth-order valence-electron chi connectivity index (χ4n) is 0.481. The highest BCUT2D eigenvalue weighted by Crippen LogP contribution is 1.88. The van der Waals surface area contributed by atoms with Gasteiger partial charge in [-0.25, -0.2) is 4.68 Å². The van der Waals surface area contributed by atoms with E-state index in [9.17, 15) is 0 Å². The van der Waals surface area contributed by atoms with E-state index in [1.807, 2.05) is 13.3 Å². The van der Waals surface area contributed by atoms with Crippen LogP contribution in [0.4, 0.5) is 0 Å². The molecule has 0 N–H and O–H groups in total. The summed E-state index contributed by atoms with van der Waals surface area (Å²) in [6, 6.07) is 0. The summed E-state index contributed by atoms with van der Waals surface area (Å²) in [7, 11) is 1.80. The van der Waals surface area contributed by atoms with Gasteiger partial charge in [0.2, 0.25) is 0 Å². The maximum absolute atomic E-state index is 3.68. The average molecular weight is 111 g/mol. The van der Waals surface area contributed by atoms with Gasteiger partial charge in [0.05, 0.1) is 0 Å². The van der Waals surface area contributed by atoms with Gasteiger partial charge in [-0.1, -0.05) is 6.92 Å². The molecule has 8 heavy (non-hydrogen) atoms. The quantitative estimate of drug-likeness (QED) is 0.503. The van der Waals surface area contributed by atoms with E-state index in [1.165, 1.54) is 0 Å². The standard InChI is InChI=1S/C4H7N4/c1-3-4-5-6-7-8(4)2/h3H,1-2H3. The SMILES string of the molecule is C[CH]c1nnnn1C. The van der Waals surface area contributed by atoms with E-state index in [0.717, 1.165) is 5.82 Å². The first-order valence-electron chi connectivity index (χ1n) is 2.36. The smallest absolute Gasteiger partial charge is 0.154 e. The molecule has 0 aliphatic heterocycles. The van der Waals surface area contributed by atoms with Crippen molar-refractivity contribution in [3.05, 3.63) is 12.2 Å². The van der Waals surface area contributed by atoms with Crippen LogP contribution < -0.4 is 0 Å².